The van der Waals surface area contributed by atoms with Crippen LogP contribution in [0.2, 0.25) is 0 Å². The van der Waals surface area contributed by atoms with Crippen molar-refractivity contribution in [3.05, 3.63) is 35.9 Å². The number of hydrogen-bond donors (Lipinski definition) is 2. The molecule has 1 rings (SSSR count). The van der Waals surface area contributed by atoms with Crippen LogP contribution in [0.4, 0.5) is 0 Å². The molecule has 0 bridgehead atoms. The minimum Gasteiger partial charge on any atom is -0.330 e. The predicted molar refractivity (Wildman–Crippen MR) is 51.7 cm³/mol. The lowest BCUT2D eigenvalue weighted by molar-refractivity contribution is 0.618. The minimum absolute atomic E-state index is 0.148. The van der Waals surface area contributed by atoms with Crippen LogP contribution in [0.3, 0.4) is 0 Å². The van der Waals surface area contributed by atoms with Crippen LogP contribution in [-0.2, 0) is 0 Å². The summed E-state index contributed by atoms with van der Waals surface area (Å²) in [6, 6.07) is 10.3. The topological polar surface area (TPSA) is 52.0 Å². The van der Waals surface area contributed by atoms with Crippen molar-refractivity contribution in [2.24, 2.45) is 11.5 Å². The average Bonchev–Trinajstić information content (AvgIpc) is 2.15. The van der Waals surface area contributed by atoms with Gasteiger partial charge in [0.15, 0.2) is 0 Å². The Morgan fingerprint density at radius 3 is 2.42 bits per heavy atom. The molecule has 0 unspecified atom stereocenters. The van der Waals surface area contributed by atoms with Crippen molar-refractivity contribution in [2.75, 3.05) is 6.54 Å². The van der Waals surface area contributed by atoms with Crippen molar-refractivity contribution in [3.8, 4) is 0 Å². The summed E-state index contributed by atoms with van der Waals surface area (Å²) < 4.78 is 0. The smallest absolute Gasteiger partial charge is 0.0295 e. The van der Waals surface area contributed by atoms with E-state index in [2.05, 4.69) is 12.1 Å². The van der Waals surface area contributed by atoms with E-state index in [1.807, 2.05) is 18.2 Å². The number of hydrogen-bond acceptors (Lipinski definition) is 2. The first-order valence-electron chi connectivity index (χ1n) is 4.35. The molecule has 0 aromatic heterocycles. The van der Waals surface area contributed by atoms with Gasteiger partial charge in [0.25, 0.3) is 0 Å². The molecule has 0 fully saturated rings. The second-order valence-electron chi connectivity index (χ2n) is 2.95. The third kappa shape index (κ3) is 2.64. The van der Waals surface area contributed by atoms with Crippen LogP contribution >= 0.6 is 0 Å². The van der Waals surface area contributed by atoms with Crippen molar-refractivity contribution >= 4 is 0 Å². The zero-order chi connectivity index (χ0) is 8.81. The Kier molecular flexibility index (Phi) is 3.77. The number of benzene rings is 1. The maximum absolute atomic E-state index is 5.93. The van der Waals surface area contributed by atoms with E-state index in [4.69, 9.17) is 11.5 Å². The molecule has 4 N–H and O–H groups in total. The predicted octanol–water partition coefficient (Wildman–Crippen LogP) is 1.43. The van der Waals surface area contributed by atoms with Crippen LogP contribution in [0.1, 0.15) is 24.4 Å². The molecule has 0 aliphatic heterocycles. The molecule has 12 heavy (non-hydrogen) atoms. The lowest BCUT2D eigenvalue weighted by Gasteiger charge is -2.10. The Morgan fingerprint density at radius 2 is 1.83 bits per heavy atom. The van der Waals surface area contributed by atoms with Gasteiger partial charge in [0, 0.05) is 6.04 Å². The van der Waals surface area contributed by atoms with E-state index >= 15 is 0 Å². The summed E-state index contributed by atoms with van der Waals surface area (Å²) >= 11 is 0. The summed E-state index contributed by atoms with van der Waals surface area (Å²) in [5, 5.41) is 0. The van der Waals surface area contributed by atoms with Gasteiger partial charge in [-0.1, -0.05) is 30.3 Å². The van der Waals surface area contributed by atoms with Crippen molar-refractivity contribution in [1.82, 2.24) is 0 Å². The molecule has 0 amide bonds. The Balaban J connectivity index is 2.48. The first-order chi connectivity index (χ1) is 5.84. The second kappa shape index (κ2) is 4.91. The van der Waals surface area contributed by atoms with Gasteiger partial charge in [-0.05, 0) is 24.9 Å². The van der Waals surface area contributed by atoms with E-state index in [0.29, 0.717) is 0 Å². The van der Waals surface area contributed by atoms with Gasteiger partial charge in [0.2, 0.25) is 0 Å². The lowest BCUT2D eigenvalue weighted by Crippen LogP contribution is -2.12. The van der Waals surface area contributed by atoms with Crippen LogP contribution in [0.25, 0.3) is 0 Å². The minimum atomic E-state index is 0.148. The summed E-state index contributed by atoms with van der Waals surface area (Å²) in [6.45, 7) is 0.723. The highest BCUT2D eigenvalue weighted by Gasteiger charge is 2.02. The molecule has 0 aliphatic rings. The van der Waals surface area contributed by atoms with E-state index in [-0.39, 0.29) is 6.04 Å². The first-order valence-corrected chi connectivity index (χ1v) is 4.35. The normalized spacial score (nSPS) is 12.8. The van der Waals surface area contributed by atoms with Crippen molar-refractivity contribution in [2.45, 2.75) is 18.9 Å². The second-order valence-corrected chi connectivity index (χ2v) is 2.95. The van der Waals surface area contributed by atoms with Crippen molar-refractivity contribution in [3.63, 3.8) is 0 Å². The Labute approximate surface area is 73.6 Å². The van der Waals surface area contributed by atoms with Crippen LogP contribution in [0.5, 0.6) is 0 Å². The molecule has 0 saturated heterocycles. The molecular weight excluding hydrogens is 148 g/mol. The summed E-state index contributed by atoms with van der Waals surface area (Å²) in [5.74, 6) is 0. The summed E-state index contributed by atoms with van der Waals surface area (Å²) in [6.07, 6.45) is 1.97. The van der Waals surface area contributed by atoms with Crippen LogP contribution in [0, 0.1) is 0 Å². The van der Waals surface area contributed by atoms with Gasteiger partial charge < -0.3 is 11.5 Å². The highest BCUT2D eigenvalue weighted by molar-refractivity contribution is 5.18. The van der Waals surface area contributed by atoms with Gasteiger partial charge in [-0.25, -0.2) is 0 Å². The molecule has 0 radical (unpaired) electrons. The van der Waals surface area contributed by atoms with E-state index in [1.54, 1.807) is 0 Å². The molecule has 2 heteroatoms. The third-order valence-electron chi connectivity index (χ3n) is 1.95. The number of rotatable bonds is 4. The SMILES string of the molecule is NCCC[C@H](N)c1ccccc1. The summed E-state index contributed by atoms with van der Waals surface area (Å²) in [5.41, 5.74) is 12.5. The lowest BCUT2D eigenvalue weighted by atomic mass is 10.0. The monoisotopic (exact) mass is 164 g/mol. The maximum Gasteiger partial charge on any atom is 0.0295 e. The third-order valence-corrected chi connectivity index (χ3v) is 1.95. The maximum atomic E-state index is 5.93. The van der Waals surface area contributed by atoms with Crippen molar-refractivity contribution < 1.29 is 0 Å². The highest BCUT2D eigenvalue weighted by Crippen LogP contribution is 2.13. The van der Waals surface area contributed by atoms with Crippen LogP contribution in [-0.4, -0.2) is 6.54 Å². The number of nitrogens with two attached hydrogens (primary N) is 2. The fraction of sp³-hybridized carbons (Fsp3) is 0.400. The van der Waals surface area contributed by atoms with Gasteiger partial charge in [-0.3, -0.25) is 0 Å². The Morgan fingerprint density at radius 1 is 1.17 bits per heavy atom. The van der Waals surface area contributed by atoms with Gasteiger partial charge in [-0.15, -0.1) is 0 Å². The van der Waals surface area contributed by atoms with E-state index in [1.165, 1.54) is 5.56 Å². The molecule has 1 aromatic rings. The zero-order valence-electron chi connectivity index (χ0n) is 7.24. The molecule has 1 aromatic carbocycles. The summed E-state index contributed by atoms with van der Waals surface area (Å²) in [7, 11) is 0. The molecule has 0 heterocycles. The Hall–Kier alpha value is -0.860. The first kappa shape index (κ1) is 9.23. The standard InChI is InChI=1S/C10H16N2/c11-8-4-7-10(12)9-5-2-1-3-6-9/h1-3,5-6,10H,4,7-8,11-12H2/t10-/m0/s1. The molecule has 0 aliphatic carbocycles. The van der Waals surface area contributed by atoms with Gasteiger partial charge in [0.1, 0.15) is 0 Å². The largest absolute Gasteiger partial charge is 0.330 e. The van der Waals surface area contributed by atoms with E-state index in [0.717, 1.165) is 19.4 Å². The van der Waals surface area contributed by atoms with Gasteiger partial charge in [0.05, 0.1) is 0 Å². The van der Waals surface area contributed by atoms with Crippen LogP contribution in [0.15, 0.2) is 30.3 Å². The molecule has 66 valence electrons. The van der Waals surface area contributed by atoms with Crippen LogP contribution < -0.4 is 11.5 Å². The molecule has 2 nitrogen and oxygen atoms in total. The fourth-order valence-electron chi connectivity index (χ4n) is 1.20. The Bertz CT molecular complexity index is 208. The molecule has 0 saturated carbocycles. The summed E-state index contributed by atoms with van der Waals surface area (Å²) in [4.78, 5) is 0. The molecule has 1 atom stereocenters. The average molecular weight is 164 g/mol. The van der Waals surface area contributed by atoms with Gasteiger partial charge in [-0.2, -0.15) is 0 Å². The molecular formula is C10H16N2. The van der Waals surface area contributed by atoms with Gasteiger partial charge >= 0.3 is 0 Å². The quantitative estimate of drug-likeness (QED) is 0.707. The fourth-order valence-corrected chi connectivity index (χ4v) is 1.20. The van der Waals surface area contributed by atoms with Crippen molar-refractivity contribution in [1.29, 1.82) is 0 Å². The van der Waals surface area contributed by atoms with E-state index in [9.17, 15) is 0 Å². The molecule has 0 spiro atoms. The van der Waals surface area contributed by atoms with E-state index < -0.39 is 0 Å². The highest BCUT2D eigenvalue weighted by atomic mass is 14.6. The zero-order valence-corrected chi connectivity index (χ0v) is 7.24.